The minimum absolute atomic E-state index is 0.0777. The van der Waals surface area contributed by atoms with E-state index in [-0.39, 0.29) is 22.6 Å². The van der Waals surface area contributed by atoms with Gasteiger partial charge in [-0.05, 0) is 27.7 Å². The molecule has 1 aromatic rings. The van der Waals surface area contributed by atoms with Crippen LogP contribution in [0.25, 0.3) is 0 Å². The molecule has 1 heterocycles. The summed E-state index contributed by atoms with van der Waals surface area (Å²) in [5, 5.41) is 6.22. The van der Waals surface area contributed by atoms with Crippen LogP contribution in [0.4, 0.5) is 0 Å². The van der Waals surface area contributed by atoms with E-state index in [1.807, 2.05) is 41.5 Å². The quantitative estimate of drug-likeness (QED) is 0.919. The summed E-state index contributed by atoms with van der Waals surface area (Å²) in [6, 6.07) is 0. The largest absolute Gasteiger partial charge is 0.351 e. The molecule has 0 saturated heterocycles. The number of rotatable bonds is 4. The van der Waals surface area contributed by atoms with Gasteiger partial charge in [0.2, 0.25) is 11.8 Å². The molecule has 0 aliphatic carbocycles. The molecule has 6 nitrogen and oxygen atoms in total. The number of nitrogens with zero attached hydrogens (tertiary/aromatic N) is 2. The van der Waals surface area contributed by atoms with Gasteiger partial charge in [0.05, 0.1) is 0 Å². The van der Waals surface area contributed by atoms with Gasteiger partial charge in [0, 0.05) is 21.8 Å². The Hall–Kier alpha value is -1.24. The fourth-order valence-electron chi connectivity index (χ4n) is 1.53. The average Bonchev–Trinajstić information content (AvgIpc) is 2.73. The highest BCUT2D eigenvalue weighted by Gasteiger charge is 2.27. The van der Waals surface area contributed by atoms with Crippen molar-refractivity contribution in [3.05, 3.63) is 11.7 Å². The Balaban J connectivity index is 2.71. The second-order valence-corrected chi connectivity index (χ2v) is 8.93. The third-order valence-corrected chi connectivity index (χ3v) is 4.18. The van der Waals surface area contributed by atoms with E-state index in [2.05, 4.69) is 15.5 Å². The van der Waals surface area contributed by atoms with E-state index in [0.717, 1.165) is 0 Å². The van der Waals surface area contributed by atoms with Crippen LogP contribution in [0, 0.1) is 0 Å². The Bertz CT molecular complexity index is 526. The molecule has 0 aliphatic rings. The van der Waals surface area contributed by atoms with Crippen molar-refractivity contribution >= 4 is 16.7 Å². The lowest BCUT2D eigenvalue weighted by molar-refractivity contribution is -0.119. The Morgan fingerprint density at radius 1 is 1.29 bits per heavy atom. The van der Waals surface area contributed by atoms with Gasteiger partial charge >= 0.3 is 0 Å². The number of aromatic nitrogens is 2. The summed E-state index contributed by atoms with van der Waals surface area (Å²) in [6.45, 7) is 13.3. The smallest absolute Gasteiger partial charge is 0.242 e. The number of carbonyl (C=O) groups is 1. The summed E-state index contributed by atoms with van der Waals surface area (Å²) in [6.07, 6.45) is 0. The van der Waals surface area contributed by atoms with Gasteiger partial charge in [0.1, 0.15) is 11.0 Å². The van der Waals surface area contributed by atoms with E-state index in [1.165, 1.54) is 0 Å². The van der Waals surface area contributed by atoms with Gasteiger partial charge in [-0.2, -0.15) is 4.98 Å². The third kappa shape index (κ3) is 5.57. The zero-order valence-electron chi connectivity index (χ0n) is 13.8. The molecule has 0 radical (unpaired) electrons. The molecule has 0 saturated carbocycles. The van der Waals surface area contributed by atoms with Crippen LogP contribution in [0.3, 0.4) is 0 Å². The molecule has 0 bridgehead atoms. The summed E-state index contributed by atoms with van der Waals surface area (Å²) in [5.41, 5.74) is -0.568. The molecule has 0 spiro atoms. The zero-order chi connectivity index (χ0) is 16.4. The van der Waals surface area contributed by atoms with E-state index < -0.39 is 16.0 Å². The normalized spacial score (nSPS) is 15.6. The number of carbonyl (C=O) groups excluding carboxylic acids is 1. The fourth-order valence-corrected chi connectivity index (χ4v) is 2.43. The number of hydrogen-bond donors (Lipinski definition) is 1. The molecule has 0 aromatic carbocycles. The van der Waals surface area contributed by atoms with Gasteiger partial charge in [-0.15, -0.1) is 0 Å². The molecule has 1 amide bonds. The van der Waals surface area contributed by atoms with Gasteiger partial charge < -0.3 is 9.84 Å². The fraction of sp³-hybridized carbons (Fsp3) is 0.786. The average molecular weight is 315 g/mol. The highest BCUT2D eigenvalue weighted by molar-refractivity contribution is 7.85. The van der Waals surface area contributed by atoms with Crippen molar-refractivity contribution in [1.29, 1.82) is 0 Å². The number of amides is 1. The summed E-state index contributed by atoms with van der Waals surface area (Å²) in [7, 11) is -1.40. The van der Waals surface area contributed by atoms with E-state index in [0.29, 0.717) is 11.7 Å². The lowest BCUT2D eigenvalue weighted by Gasteiger charge is -2.20. The molecular weight excluding hydrogens is 290 g/mol. The Labute approximate surface area is 128 Å². The van der Waals surface area contributed by atoms with Gasteiger partial charge in [-0.25, -0.2) is 0 Å². The van der Waals surface area contributed by atoms with Crippen molar-refractivity contribution in [1.82, 2.24) is 15.5 Å². The van der Waals surface area contributed by atoms with Crippen LogP contribution in [-0.4, -0.2) is 31.5 Å². The van der Waals surface area contributed by atoms with Crippen molar-refractivity contribution < 1.29 is 13.5 Å². The number of nitrogens with one attached hydrogen (secondary N) is 1. The molecule has 21 heavy (non-hydrogen) atoms. The van der Waals surface area contributed by atoms with E-state index >= 15 is 0 Å². The van der Waals surface area contributed by atoms with Crippen molar-refractivity contribution in [2.45, 2.75) is 64.7 Å². The molecule has 7 heteroatoms. The van der Waals surface area contributed by atoms with Crippen LogP contribution in [0.15, 0.2) is 4.52 Å². The van der Waals surface area contributed by atoms with Crippen molar-refractivity contribution in [3.63, 3.8) is 0 Å². The van der Waals surface area contributed by atoms with Crippen LogP contribution in [-0.2, 0) is 21.0 Å². The van der Waals surface area contributed by atoms with Crippen LogP contribution in [0.5, 0.6) is 0 Å². The molecule has 0 aliphatic heterocycles. The standard InChI is InChI=1S/C14H25N3O3S/c1-9(11-15-12(17-20-11)13(2,3)4)21(19)8-10(18)16-14(5,6)7/h9H,8H2,1-7H3,(H,16,18)/t9-,21+/m1/s1. The lowest BCUT2D eigenvalue weighted by atomic mass is 9.96. The van der Waals surface area contributed by atoms with Crippen molar-refractivity contribution in [2.75, 3.05) is 5.75 Å². The maximum Gasteiger partial charge on any atom is 0.242 e. The molecule has 2 atom stereocenters. The molecule has 1 aromatic heterocycles. The predicted molar refractivity (Wildman–Crippen MR) is 82.3 cm³/mol. The lowest BCUT2D eigenvalue weighted by Crippen LogP contribution is -2.43. The van der Waals surface area contributed by atoms with E-state index in [4.69, 9.17) is 4.52 Å². The first-order valence-corrected chi connectivity index (χ1v) is 8.30. The zero-order valence-corrected chi connectivity index (χ0v) is 14.6. The topological polar surface area (TPSA) is 85.1 Å². The minimum Gasteiger partial charge on any atom is -0.351 e. The van der Waals surface area contributed by atoms with Gasteiger partial charge in [-0.1, -0.05) is 25.9 Å². The van der Waals surface area contributed by atoms with Gasteiger partial charge in [0.25, 0.3) is 0 Å². The van der Waals surface area contributed by atoms with Crippen LogP contribution in [0.1, 0.15) is 65.4 Å². The predicted octanol–water partition coefficient (Wildman–Crippen LogP) is 2.09. The van der Waals surface area contributed by atoms with Crippen LogP contribution < -0.4 is 5.32 Å². The van der Waals surface area contributed by atoms with Crippen molar-refractivity contribution in [2.24, 2.45) is 0 Å². The third-order valence-electron chi connectivity index (χ3n) is 2.64. The summed E-state index contributed by atoms with van der Waals surface area (Å²) in [5.74, 6) is 0.552. The van der Waals surface area contributed by atoms with E-state index in [9.17, 15) is 9.00 Å². The summed E-state index contributed by atoms with van der Waals surface area (Å²) in [4.78, 5) is 16.1. The first kappa shape index (κ1) is 17.8. The molecule has 120 valence electrons. The molecule has 1 N–H and O–H groups in total. The number of hydrogen-bond acceptors (Lipinski definition) is 5. The monoisotopic (exact) mass is 315 g/mol. The Morgan fingerprint density at radius 2 is 1.86 bits per heavy atom. The molecule has 1 rings (SSSR count). The Kier molecular flexibility index (Phi) is 5.30. The van der Waals surface area contributed by atoms with Crippen LogP contribution in [0.2, 0.25) is 0 Å². The molecule has 0 unspecified atom stereocenters. The molecular formula is C14H25N3O3S. The maximum absolute atomic E-state index is 12.2. The minimum atomic E-state index is -1.40. The first-order valence-electron chi connectivity index (χ1n) is 6.92. The highest BCUT2D eigenvalue weighted by Crippen LogP contribution is 2.23. The summed E-state index contributed by atoms with van der Waals surface area (Å²) < 4.78 is 17.4. The van der Waals surface area contributed by atoms with E-state index in [1.54, 1.807) is 6.92 Å². The van der Waals surface area contributed by atoms with Crippen LogP contribution >= 0.6 is 0 Å². The summed E-state index contributed by atoms with van der Waals surface area (Å²) >= 11 is 0. The molecule has 0 fully saturated rings. The second-order valence-electron chi connectivity index (χ2n) is 7.17. The Morgan fingerprint density at radius 3 is 2.29 bits per heavy atom. The first-order chi connectivity index (χ1) is 9.40. The maximum atomic E-state index is 12.2. The van der Waals surface area contributed by atoms with Gasteiger partial charge in [0.15, 0.2) is 5.82 Å². The highest BCUT2D eigenvalue weighted by atomic mass is 32.2. The second kappa shape index (κ2) is 6.25. The SMILES string of the molecule is C[C@H](c1nc(C(C)(C)C)no1)[S@@](=O)CC(=O)NC(C)(C)C. The van der Waals surface area contributed by atoms with Crippen molar-refractivity contribution in [3.8, 4) is 0 Å². The van der Waals surface area contributed by atoms with Gasteiger partial charge in [-0.3, -0.25) is 9.00 Å².